The van der Waals surface area contributed by atoms with Crippen LogP contribution < -0.4 is 0 Å². The van der Waals surface area contributed by atoms with E-state index >= 15 is 0 Å². The second-order valence-electron chi connectivity index (χ2n) is 6.00. The molecule has 0 saturated carbocycles. The minimum atomic E-state index is -0.327. The van der Waals surface area contributed by atoms with Gasteiger partial charge >= 0.3 is 0 Å². The van der Waals surface area contributed by atoms with E-state index in [-0.39, 0.29) is 19.3 Å². The molecule has 0 rings (SSSR count). The fourth-order valence-electron chi connectivity index (χ4n) is 1.46. The van der Waals surface area contributed by atoms with Crippen molar-refractivity contribution in [3.05, 3.63) is 0 Å². The lowest BCUT2D eigenvalue weighted by Crippen LogP contribution is -2.13. The van der Waals surface area contributed by atoms with Crippen molar-refractivity contribution in [1.29, 1.82) is 0 Å². The summed E-state index contributed by atoms with van der Waals surface area (Å²) in [6.45, 7) is 11.1. The Labute approximate surface area is 158 Å². The van der Waals surface area contributed by atoms with Gasteiger partial charge in [-0.3, -0.25) is 0 Å². The van der Waals surface area contributed by atoms with Crippen molar-refractivity contribution in [2.24, 2.45) is 5.92 Å². The van der Waals surface area contributed by atoms with Crippen molar-refractivity contribution < 1.29 is 39.0 Å². The number of aliphatic hydroxyl groups excluding tert-OH is 3. The molecule has 0 saturated heterocycles. The van der Waals surface area contributed by atoms with Crippen LogP contribution in [0.1, 0.15) is 27.2 Å². The maximum absolute atomic E-state index is 8.79. The lowest BCUT2D eigenvalue weighted by Gasteiger charge is -2.07. The molecule has 0 fully saturated rings. The number of rotatable bonds is 18. The molecular weight excluding hydrogens is 344 g/mol. The molecule has 0 spiro atoms. The third-order valence-corrected chi connectivity index (χ3v) is 2.79. The molecule has 160 valence electrons. The number of ether oxygens (including phenoxy) is 5. The third-order valence-electron chi connectivity index (χ3n) is 2.79. The lowest BCUT2D eigenvalue weighted by molar-refractivity contribution is -0.00856. The molecule has 3 N–H and O–H groups in total. The Hall–Kier alpha value is -0.320. The molecule has 0 aliphatic rings. The van der Waals surface area contributed by atoms with Crippen molar-refractivity contribution in [3.8, 4) is 0 Å². The Morgan fingerprint density at radius 1 is 0.577 bits per heavy atom. The summed E-state index contributed by atoms with van der Waals surface area (Å²) in [7, 11) is 0. The van der Waals surface area contributed by atoms with E-state index in [2.05, 4.69) is 13.8 Å². The molecule has 0 heterocycles. The number of hydrogen-bond donors (Lipinski definition) is 3. The van der Waals surface area contributed by atoms with Crippen molar-refractivity contribution in [3.63, 3.8) is 0 Å². The highest BCUT2D eigenvalue weighted by Crippen LogP contribution is 1.98. The van der Waals surface area contributed by atoms with Gasteiger partial charge in [0.05, 0.1) is 78.8 Å². The van der Waals surface area contributed by atoms with Gasteiger partial charge in [0.25, 0.3) is 0 Å². The Balaban J connectivity index is 0. The normalized spacial score (nSPS) is 12.1. The van der Waals surface area contributed by atoms with Crippen LogP contribution in [0.3, 0.4) is 0 Å². The summed E-state index contributed by atoms with van der Waals surface area (Å²) in [6, 6.07) is 0. The van der Waals surface area contributed by atoms with Gasteiger partial charge in [0.15, 0.2) is 0 Å². The smallest absolute Gasteiger partial charge is 0.0745 e. The van der Waals surface area contributed by atoms with E-state index in [0.717, 1.165) is 13.0 Å². The SMILES string of the molecule is CC(C)CCOCC(C)O.OCCOCCOCCOCCOCCO. The third kappa shape index (κ3) is 31.4. The number of aliphatic hydroxyl groups is 3. The van der Waals surface area contributed by atoms with Crippen molar-refractivity contribution in [2.75, 3.05) is 79.3 Å². The average molecular weight is 385 g/mol. The Morgan fingerprint density at radius 2 is 0.962 bits per heavy atom. The van der Waals surface area contributed by atoms with E-state index in [4.69, 9.17) is 39.0 Å². The highest BCUT2D eigenvalue weighted by Gasteiger charge is 1.96. The molecule has 0 aromatic rings. The number of hydrogen-bond acceptors (Lipinski definition) is 8. The molecule has 0 aromatic heterocycles. The predicted octanol–water partition coefficient (Wildman–Crippen LogP) is 0.467. The lowest BCUT2D eigenvalue weighted by atomic mass is 10.1. The molecule has 1 unspecified atom stereocenters. The Kier molecular flexibility index (Phi) is 26.5. The van der Waals surface area contributed by atoms with Crippen LogP contribution in [0.2, 0.25) is 0 Å². The summed E-state index contributed by atoms with van der Waals surface area (Å²) in [4.78, 5) is 0. The van der Waals surface area contributed by atoms with Gasteiger partial charge in [0.2, 0.25) is 0 Å². The van der Waals surface area contributed by atoms with Gasteiger partial charge in [-0.15, -0.1) is 0 Å². The molecular formula is C18H40O8. The zero-order chi connectivity index (χ0) is 19.9. The molecule has 8 heteroatoms. The summed E-state index contributed by atoms with van der Waals surface area (Å²) < 4.78 is 25.5. The van der Waals surface area contributed by atoms with E-state index in [0.29, 0.717) is 65.4 Å². The fraction of sp³-hybridized carbons (Fsp3) is 1.00. The maximum atomic E-state index is 8.79. The van der Waals surface area contributed by atoms with Crippen molar-refractivity contribution in [2.45, 2.75) is 33.3 Å². The largest absolute Gasteiger partial charge is 0.394 e. The first kappa shape index (κ1) is 27.9. The molecule has 0 amide bonds. The summed E-state index contributed by atoms with van der Waals surface area (Å²) >= 11 is 0. The van der Waals surface area contributed by atoms with Gasteiger partial charge in [-0.25, -0.2) is 0 Å². The van der Waals surface area contributed by atoms with Crippen molar-refractivity contribution in [1.82, 2.24) is 0 Å². The topological polar surface area (TPSA) is 107 Å². The van der Waals surface area contributed by atoms with Crippen LogP contribution in [0.15, 0.2) is 0 Å². The van der Waals surface area contributed by atoms with E-state index < -0.39 is 0 Å². The van der Waals surface area contributed by atoms with Crippen molar-refractivity contribution >= 4 is 0 Å². The van der Waals surface area contributed by atoms with Crippen LogP contribution in [0.4, 0.5) is 0 Å². The molecule has 1 atom stereocenters. The van der Waals surface area contributed by atoms with Gasteiger partial charge in [-0.1, -0.05) is 13.8 Å². The van der Waals surface area contributed by atoms with Gasteiger partial charge in [-0.05, 0) is 19.3 Å². The molecule has 26 heavy (non-hydrogen) atoms. The second-order valence-corrected chi connectivity index (χ2v) is 6.00. The summed E-state index contributed by atoms with van der Waals surface area (Å²) in [6.07, 6.45) is 0.749. The molecule has 0 aromatic carbocycles. The van der Waals surface area contributed by atoms with E-state index in [1.165, 1.54) is 0 Å². The molecule has 0 aliphatic heterocycles. The zero-order valence-corrected chi connectivity index (χ0v) is 16.7. The fourth-order valence-corrected chi connectivity index (χ4v) is 1.46. The summed E-state index contributed by atoms with van der Waals surface area (Å²) in [5.74, 6) is 0.689. The molecule has 0 bridgehead atoms. The highest BCUT2D eigenvalue weighted by atomic mass is 16.6. The second kappa shape index (κ2) is 24.7. The first-order valence-electron chi connectivity index (χ1n) is 9.33. The van der Waals surface area contributed by atoms with E-state index in [1.807, 2.05) is 0 Å². The van der Waals surface area contributed by atoms with Gasteiger partial charge in [-0.2, -0.15) is 0 Å². The van der Waals surface area contributed by atoms with Gasteiger partial charge < -0.3 is 39.0 Å². The van der Waals surface area contributed by atoms with Crippen LogP contribution in [0.25, 0.3) is 0 Å². The van der Waals surface area contributed by atoms with Crippen LogP contribution in [-0.4, -0.2) is 101 Å². The van der Waals surface area contributed by atoms with Crippen LogP contribution in [0, 0.1) is 5.92 Å². The highest BCUT2D eigenvalue weighted by molar-refractivity contribution is 4.45. The Morgan fingerprint density at radius 3 is 1.27 bits per heavy atom. The Bertz CT molecular complexity index is 215. The first-order valence-corrected chi connectivity index (χ1v) is 9.33. The van der Waals surface area contributed by atoms with Gasteiger partial charge in [0, 0.05) is 6.61 Å². The average Bonchev–Trinajstić information content (AvgIpc) is 2.60. The summed E-state index contributed by atoms with van der Waals surface area (Å²) in [5.41, 5.74) is 0. The minimum absolute atomic E-state index is 0.0386. The summed E-state index contributed by atoms with van der Waals surface area (Å²) in [5, 5.41) is 25.6. The zero-order valence-electron chi connectivity index (χ0n) is 16.7. The van der Waals surface area contributed by atoms with Crippen LogP contribution in [0.5, 0.6) is 0 Å². The van der Waals surface area contributed by atoms with E-state index in [9.17, 15) is 0 Å². The first-order chi connectivity index (χ1) is 12.5. The van der Waals surface area contributed by atoms with Crippen LogP contribution >= 0.6 is 0 Å². The van der Waals surface area contributed by atoms with Gasteiger partial charge in [0.1, 0.15) is 0 Å². The molecule has 8 nitrogen and oxygen atoms in total. The quantitative estimate of drug-likeness (QED) is 0.293. The monoisotopic (exact) mass is 384 g/mol. The minimum Gasteiger partial charge on any atom is -0.394 e. The molecule has 0 radical (unpaired) electrons. The maximum Gasteiger partial charge on any atom is 0.0745 e. The van der Waals surface area contributed by atoms with Crippen LogP contribution in [-0.2, 0) is 23.7 Å². The van der Waals surface area contributed by atoms with E-state index in [1.54, 1.807) is 6.92 Å². The molecule has 0 aliphatic carbocycles. The predicted molar refractivity (Wildman–Crippen MR) is 99.4 cm³/mol. The standard InChI is InChI=1S/C10H22O6.C8H18O2/c11-1-3-13-5-7-15-9-10-16-8-6-14-4-2-12;1-7(2)4-5-10-6-8(3)9/h11-12H,1-10H2;7-9H,4-6H2,1-3H3.